The van der Waals surface area contributed by atoms with E-state index in [1.807, 2.05) is 0 Å². The fourth-order valence-electron chi connectivity index (χ4n) is 2.31. The molecule has 2 nitrogen and oxygen atoms in total. The lowest BCUT2D eigenvalue weighted by atomic mass is 9.98. The van der Waals surface area contributed by atoms with E-state index in [2.05, 4.69) is 47.4 Å². The molecule has 0 bridgehead atoms. The van der Waals surface area contributed by atoms with Gasteiger partial charge >= 0.3 is 0 Å². The quantitative estimate of drug-likeness (QED) is 0.729. The molecule has 0 aliphatic carbocycles. The van der Waals surface area contributed by atoms with Crippen LogP contribution >= 0.6 is 0 Å². The van der Waals surface area contributed by atoms with Gasteiger partial charge in [0.2, 0.25) is 0 Å². The number of nitrogens with one attached hydrogen (secondary N) is 1. The predicted octanol–water partition coefficient (Wildman–Crippen LogP) is 3.00. The summed E-state index contributed by atoms with van der Waals surface area (Å²) in [7, 11) is 0. The van der Waals surface area contributed by atoms with Crippen molar-refractivity contribution in [2.75, 3.05) is 6.54 Å². The maximum atomic E-state index is 4.61. The summed E-state index contributed by atoms with van der Waals surface area (Å²) in [6.07, 6.45) is 3.28. The minimum atomic E-state index is 0.601. The molecule has 76 valence electrons. The van der Waals surface area contributed by atoms with Gasteiger partial charge in [-0.25, -0.2) is 0 Å². The molecule has 1 N–H and O–H groups in total. The van der Waals surface area contributed by atoms with Crippen molar-refractivity contribution in [2.45, 2.75) is 13.3 Å². The summed E-state index contributed by atoms with van der Waals surface area (Å²) >= 11 is 0. The van der Waals surface area contributed by atoms with Crippen molar-refractivity contribution >= 4 is 16.6 Å². The Morgan fingerprint density at radius 3 is 3.00 bits per heavy atom. The lowest BCUT2D eigenvalue weighted by Gasteiger charge is -2.04. The minimum absolute atomic E-state index is 0.601. The smallest absolute Gasteiger partial charge is 0.0470 e. The van der Waals surface area contributed by atoms with Crippen molar-refractivity contribution in [1.29, 1.82) is 0 Å². The molecule has 0 unspecified atom stereocenters. The van der Waals surface area contributed by atoms with Gasteiger partial charge in [0, 0.05) is 40.8 Å². The van der Waals surface area contributed by atoms with E-state index < -0.39 is 0 Å². The van der Waals surface area contributed by atoms with Gasteiger partial charge < -0.3 is 4.98 Å². The van der Waals surface area contributed by atoms with Gasteiger partial charge in [-0.1, -0.05) is 25.1 Å². The molecule has 0 spiro atoms. The monoisotopic (exact) mass is 198 g/mol. The topological polar surface area (TPSA) is 28.1 Å². The van der Waals surface area contributed by atoms with Crippen LogP contribution in [0.1, 0.15) is 18.9 Å². The van der Waals surface area contributed by atoms with Gasteiger partial charge in [0.05, 0.1) is 0 Å². The van der Waals surface area contributed by atoms with Crippen LogP contribution in [0.15, 0.2) is 35.5 Å². The van der Waals surface area contributed by atoms with E-state index in [0.29, 0.717) is 5.92 Å². The molecule has 1 aliphatic rings. The van der Waals surface area contributed by atoms with Crippen molar-refractivity contribution in [2.24, 2.45) is 10.9 Å². The molecule has 2 heteroatoms. The molecule has 0 fully saturated rings. The van der Waals surface area contributed by atoms with Crippen LogP contribution in [0.3, 0.4) is 0 Å². The Hall–Kier alpha value is -1.57. The third-order valence-electron chi connectivity index (χ3n) is 3.18. The van der Waals surface area contributed by atoms with Gasteiger partial charge in [0.15, 0.2) is 0 Å². The number of hydrogen-bond donors (Lipinski definition) is 1. The maximum absolute atomic E-state index is 4.61. The zero-order chi connectivity index (χ0) is 10.3. The minimum Gasteiger partial charge on any atom is -0.360 e. The normalized spacial score (nSPS) is 20.9. The fraction of sp³-hybridized carbons (Fsp3) is 0.308. The number of aliphatic imine (C=N–C) groups is 1. The number of H-pyrrole nitrogens is 1. The number of para-hydroxylation sites is 1. The Kier molecular flexibility index (Phi) is 1.88. The van der Waals surface area contributed by atoms with Crippen LogP contribution in [-0.4, -0.2) is 17.2 Å². The predicted molar refractivity (Wildman–Crippen MR) is 63.5 cm³/mol. The largest absolute Gasteiger partial charge is 0.360 e. The van der Waals surface area contributed by atoms with E-state index in [0.717, 1.165) is 6.54 Å². The summed E-state index contributed by atoms with van der Waals surface area (Å²) < 4.78 is 0. The van der Waals surface area contributed by atoms with Crippen LogP contribution in [0.5, 0.6) is 0 Å². The molecule has 3 rings (SSSR count). The summed E-state index contributed by atoms with van der Waals surface area (Å²) in [5.41, 5.74) is 3.76. The Labute approximate surface area is 89.0 Å². The number of fused-ring (bicyclic) bond motifs is 1. The van der Waals surface area contributed by atoms with Gasteiger partial charge in [-0.15, -0.1) is 0 Å². The van der Waals surface area contributed by atoms with Crippen LogP contribution < -0.4 is 0 Å². The summed E-state index contributed by atoms with van der Waals surface area (Å²) in [6.45, 7) is 3.24. The molecule has 1 aliphatic heterocycles. The lowest BCUT2D eigenvalue weighted by Crippen LogP contribution is -2.06. The second-order valence-corrected chi connectivity index (χ2v) is 4.20. The first-order chi connectivity index (χ1) is 7.36. The summed E-state index contributed by atoms with van der Waals surface area (Å²) in [5, 5.41) is 1.30. The Balaban J connectivity index is 2.19. The molecular formula is C13H14N2. The molecular weight excluding hydrogens is 184 g/mol. The highest BCUT2D eigenvalue weighted by Crippen LogP contribution is 2.25. The van der Waals surface area contributed by atoms with Gasteiger partial charge in [0.25, 0.3) is 0 Å². The fourth-order valence-corrected chi connectivity index (χ4v) is 2.31. The van der Waals surface area contributed by atoms with E-state index in [4.69, 9.17) is 0 Å². The first kappa shape index (κ1) is 8.72. The van der Waals surface area contributed by atoms with Crippen LogP contribution in [-0.2, 0) is 0 Å². The van der Waals surface area contributed by atoms with Gasteiger partial charge in [-0.2, -0.15) is 0 Å². The number of hydrogen-bond acceptors (Lipinski definition) is 1. The molecule has 15 heavy (non-hydrogen) atoms. The van der Waals surface area contributed by atoms with E-state index in [9.17, 15) is 0 Å². The zero-order valence-electron chi connectivity index (χ0n) is 8.83. The number of nitrogens with zero attached hydrogens (tertiary/aromatic N) is 1. The van der Waals surface area contributed by atoms with Gasteiger partial charge in [0.1, 0.15) is 0 Å². The maximum Gasteiger partial charge on any atom is 0.0470 e. The molecule has 0 saturated heterocycles. The van der Waals surface area contributed by atoms with Crippen molar-refractivity contribution in [3.05, 3.63) is 36.0 Å². The van der Waals surface area contributed by atoms with Crippen molar-refractivity contribution in [1.82, 2.24) is 4.98 Å². The lowest BCUT2D eigenvalue weighted by molar-refractivity contribution is 0.751. The van der Waals surface area contributed by atoms with Crippen molar-refractivity contribution < 1.29 is 0 Å². The number of rotatable bonds is 1. The number of benzene rings is 1. The van der Waals surface area contributed by atoms with Crippen LogP contribution in [0.2, 0.25) is 0 Å². The highest BCUT2D eigenvalue weighted by Gasteiger charge is 2.20. The number of aromatic amines is 1. The second kappa shape index (κ2) is 3.23. The summed E-state index contributed by atoms with van der Waals surface area (Å²) in [4.78, 5) is 7.91. The van der Waals surface area contributed by atoms with Crippen molar-refractivity contribution in [3.63, 3.8) is 0 Å². The van der Waals surface area contributed by atoms with Crippen molar-refractivity contribution in [3.8, 4) is 0 Å². The molecule has 0 amide bonds. The zero-order valence-corrected chi connectivity index (χ0v) is 8.83. The van der Waals surface area contributed by atoms with Crippen LogP contribution in [0, 0.1) is 5.92 Å². The SMILES string of the molecule is C[C@@H]1CCN=C1c1c[nH]c2ccccc12. The van der Waals surface area contributed by atoms with Gasteiger partial charge in [-0.05, 0) is 12.5 Å². The Morgan fingerprint density at radius 2 is 2.20 bits per heavy atom. The highest BCUT2D eigenvalue weighted by molar-refractivity contribution is 6.12. The van der Waals surface area contributed by atoms with Crippen LogP contribution in [0.25, 0.3) is 10.9 Å². The third kappa shape index (κ3) is 1.29. The standard InChI is InChI=1S/C13H14N2/c1-9-6-7-14-13(9)11-8-15-12-5-3-2-4-10(11)12/h2-5,8-9,15H,6-7H2,1H3/t9-/m1/s1. The second-order valence-electron chi connectivity index (χ2n) is 4.20. The van der Waals surface area contributed by atoms with Gasteiger partial charge in [-0.3, -0.25) is 4.99 Å². The van der Waals surface area contributed by atoms with E-state index in [-0.39, 0.29) is 0 Å². The van der Waals surface area contributed by atoms with E-state index in [1.54, 1.807) is 0 Å². The van der Waals surface area contributed by atoms with Crippen LogP contribution in [0.4, 0.5) is 0 Å². The average molecular weight is 198 g/mol. The first-order valence-corrected chi connectivity index (χ1v) is 5.47. The molecule has 0 saturated carbocycles. The third-order valence-corrected chi connectivity index (χ3v) is 3.18. The average Bonchev–Trinajstić information content (AvgIpc) is 2.83. The Bertz CT molecular complexity index is 522. The van der Waals surface area contributed by atoms with E-state index >= 15 is 0 Å². The Morgan fingerprint density at radius 1 is 1.33 bits per heavy atom. The molecule has 2 aromatic rings. The summed E-state index contributed by atoms with van der Waals surface area (Å²) in [6, 6.07) is 8.41. The highest BCUT2D eigenvalue weighted by atomic mass is 14.8. The molecule has 1 aromatic carbocycles. The van der Waals surface area contributed by atoms with E-state index in [1.165, 1.54) is 28.6 Å². The first-order valence-electron chi connectivity index (χ1n) is 5.47. The summed E-state index contributed by atoms with van der Waals surface area (Å²) in [5.74, 6) is 0.601. The molecule has 1 aromatic heterocycles. The molecule has 1 atom stereocenters. The molecule has 2 heterocycles. The number of aromatic nitrogens is 1. The molecule has 0 radical (unpaired) electrons.